The van der Waals surface area contributed by atoms with Crippen molar-refractivity contribution in [2.75, 3.05) is 41.8 Å². The Morgan fingerprint density at radius 1 is 0.829 bits per heavy atom. The van der Waals surface area contributed by atoms with Crippen LogP contribution in [0.3, 0.4) is 0 Å². The second-order valence-electron chi connectivity index (χ2n) is 8.34. The number of nitrogens with zero attached hydrogens (tertiary/aromatic N) is 3. The van der Waals surface area contributed by atoms with Crippen molar-refractivity contribution in [1.82, 2.24) is 10.2 Å². The minimum absolute atomic E-state index is 0.0767. The maximum absolute atomic E-state index is 13.3. The van der Waals surface area contributed by atoms with Gasteiger partial charge in [0.25, 0.3) is 0 Å². The van der Waals surface area contributed by atoms with Gasteiger partial charge in [-0.2, -0.15) is 5.10 Å². The monoisotopic (exact) mass is 465 g/mol. The summed E-state index contributed by atoms with van der Waals surface area (Å²) in [6.07, 6.45) is 1.77. The number of carbonyl (C=O) groups excluding carboxylic acids is 1. The second-order valence-corrected chi connectivity index (χ2v) is 8.34. The van der Waals surface area contributed by atoms with Crippen LogP contribution in [0.4, 0.5) is 22.9 Å². The number of carbonyl (C=O) groups is 1. The molecule has 0 radical (unpaired) electrons. The molecule has 2 N–H and O–H groups in total. The Bertz CT molecular complexity index is 1200. The fourth-order valence-electron chi connectivity index (χ4n) is 4.20. The maximum Gasteiger partial charge on any atom is 0.236 e. The summed E-state index contributed by atoms with van der Waals surface area (Å²) < 4.78 is 5.43. The standard InChI is InChI=1S/C28H27N5O2/c34-28(27(21-7-3-1-4-8-21)22-9-5-2-6-10-22)31-24-13-11-23(12-14-24)30-26-19-25(20-29-32-26)33-15-17-35-18-16-33/h1-14,19-20,27H,15-18H2,(H,30,32)(H,31,34). The number of hydrogen-bond donors (Lipinski definition) is 2. The van der Waals surface area contributed by atoms with Crippen molar-refractivity contribution in [3.05, 3.63) is 108 Å². The molecule has 0 saturated carbocycles. The number of aromatic nitrogens is 2. The lowest BCUT2D eigenvalue weighted by molar-refractivity contribution is -0.116. The van der Waals surface area contributed by atoms with Crippen LogP contribution in [0, 0.1) is 0 Å². The van der Waals surface area contributed by atoms with Crippen molar-refractivity contribution in [3.63, 3.8) is 0 Å². The van der Waals surface area contributed by atoms with E-state index >= 15 is 0 Å². The summed E-state index contributed by atoms with van der Waals surface area (Å²) in [5.74, 6) is 0.194. The summed E-state index contributed by atoms with van der Waals surface area (Å²) in [6, 6.07) is 29.2. The van der Waals surface area contributed by atoms with E-state index in [0.717, 1.165) is 41.3 Å². The molecule has 1 amide bonds. The molecule has 176 valence electrons. The highest BCUT2D eigenvalue weighted by Crippen LogP contribution is 2.27. The first-order valence-electron chi connectivity index (χ1n) is 11.7. The first kappa shape index (κ1) is 22.6. The lowest BCUT2D eigenvalue weighted by Crippen LogP contribution is -2.36. The third-order valence-corrected chi connectivity index (χ3v) is 5.97. The van der Waals surface area contributed by atoms with Gasteiger partial charge >= 0.3 is 0 Å². The predicted octanol–water partition coefficient (Wildman–Crippen LogP) is 4.83. The van der Waals surface area contributed by atoms with Crippen LogP contribution in [0.25, 0.3) is 0 Å². The van der Waals surface area contributed by atoms with Gasteiger partial charge in [0.1, 0.15) is 0 Å². The molecule has 1 aliphatic heterocycles. The number of morpholine rings is 1. The summed E-state index contributed by atoms with van der Waals surface area (Å²) in [5.41, 5.74) is 4.51. The molecule has 0 atom stereocenters. The van der Waals surface area contributed by atoms with Crippen molar-refractivity contribution in [3.8, 4) is 0 Å². The molecule has 4 aromatic rings. The van der Waals surface area contributed by atoms with Crippen LogP contribution in [0.15, 0.2) is 97.2 Å². The van der Waals surface area contributed by atoms with Gasteiger partial charge in [-0.3, -0.25) is 4.79 Å². The SMILES string of the molecule is O=C(Nc1ccc(Nc2cc(N3CCOCC3)cnn2)cc1)C(c1ccccc1)c1ccccc1. The van der Waals surface area contributed by atoms with Crippen molar-refractivity contribution < 1.29 is 9.53 Å². The van der Waals surface area contributed by atoms with Gasteiger partial charge in [-0.1, -0.05) is 60.7 Å². The molecule has 7 nitrogen and oxygen atoms in total. The number of nitrogens with one attached hydrogen (secondary N) is 2. The molecular formula is C28H27N5O2. The van der Waals surface area contributed by atoms with Crippen LogP contribution < -0.4 is 15.5 Å². The smallest absolute Gasteiger partial charge is 0.236 e. The normalized spacial score (nSPS) is 13.5. The molecule has 1 fully saturated rings. The zero-order valence-electron chi connectivity index (χ0n) is 19.3. The third-order valence-electron chi connectivity index (χ3n) is 5.97. The molecule has 1 saturated heterocycles. The Morgan fingerprint density at radius 3 is 2.06 bits per heavy atom. The van der Waals surface area contributed by atoms with Gasteiger partial charge in [-0.15, -0.1) is 5.10 Å². The van der Waals surface area contributed by atoms with E-state index in [2.05, 4.69) is 25.7 Å². The van der Waals surface area contributed by atoms with Crippen molar-refractivity contribution >= 4 is 28.8 Å². The summed E-state index contributed by atoms with van der Waals surface area (Å²) in [4.78, 5) is 15.6. The topological polar surface area (TPSA) is 79.4 Å². The van der Waals surface area contributed by atoms with Crippen molar-refractivity contribution in [2.24, 2.45) is 0 Å². The Balaban J connectivity index is 1.28. The molecule has 0 unspecified atom stereocenters. The van der Waals surface area contributed by atoms with Gasteiger partial charge in [0.15, 0.2) is 5.82 Å². The van der Waals surface area contributed by atoms with E-state index < -0.39 is 5.92 Å². The van der Waals surface area contributed by atoms with Gasteiger partial charge in [0.2, 0.25) is 5.91 Å². The molecule has 35 heavy (non-hydrogen) atoms. The highest BCUT2D eigenvalue weighted by atomic mass is 16.5. The van der Waals surface area contributed by atoms with Crippen LogP contribution in [0.1, 0.15) is 17.0 Å². The Kier molecular flexibility index (Phi) is 6.96. The minimum atomic E-state index is -0.395. The number of amides is 1. The van der Waals surface area contributed by atoms with E-state index in [1.165, 1.54) is 0 Å². The lowest BCUT2D eigenvalue weighted by Gasteiger charge is -2.28. The average Bonchev–Trinajstić information content (AvgIpc) is 2.92. The Hall–Kier alpha value is -4.23. The zero-order valence-corrected chi connectivity index (χ0v) is 19.3. The van der Waals surface area contributed by atoms with E-state index in [4.69, 9.17) is 4.74 Å². The van der Waals surface area contributed by atoms with Crippen LogP contribution in [0.2, 0.25) is 0 Å². The van der Waals surface area contributed by atoms with Gasteiger partial charge in [-0.05, 0) is 35.4 Å². The van der Waals surface area contributed by atoms with Gasteiger partial charge < -0.3 is 20.3 Å². The van der Waals surface area contributed by atoms with Crippen LogP contribution in [0.5, 0.6) is 0 Å². The summed E-state index contributed by atoms with van der Waals surface area (Å²) in [6.45, 7) is 3.11. The molecular weight excluding hydrogens is 438 g/mol. The lowest BCUT2D eigenvalue weighted by atomic mass is 9.90. The molecule has 5 rings (SSSR count). The number of benzene rings is 3. The molecule has 0 aliphatic carbocycles. The average molecular weight is 466 g/mol. The number of anilines is 4. The summed E-state index contributed by atoms with van der Waals surface area (Å²) in [7, 11) is 0. The third kappa shape index (κ3) is 5.65. The highest BCUT2D eigenvalue weighted by Gasteiger charge is 2.22. The fourth-order valence-corrected chi connectivity index (χ4v) is 4.20. The fraction of sp³-hybridized carbons (Fsp3) is 0.179. The van der Waals surface area contributed by atoms with Crippen molar-refractivity contribution in [1.29, 1.82) is 0 Å². The van der Waals surface area contributed by atoms with E-state index in [-0.39, 0.29) is 5.91 Å². The molecule has 1 aliphatic rings. The highest BCUT2D eigenvalue weighted by molar-refractivity contribution is 5.98. The van der Waals surface area contributed by atoms with Crippen molar-refractivity contribution in [2.45, 2.75) is 5.92 Å². The molecule has 0 spiro atoms. The van der Waals surface area contributed by atoms with E-state index in [9.17, 15) is 4.79 Å². The maximum atomic E-state index is 13.3. The van der Waals surface area contributed by atoms with Gasteiger partial charge in [-0.25, -0.2) is 0 Å². The first-order valence-corrected chi connectivity index (χ1v) is 11.7. The van der Waals surface area contributed by atoms with Gasteiger partial charge in [0.05, 0.1) is 31.0 Å². The Morgan fingerprint density at radius 2 is 1.43 bits per heavy atom. The molecule has 0 bridgehead atoms. The molecule has 7 heteroatoms. The summed E-state index contributed by atoms with van der Waals surface area (Å²) >= 11 is 0. The van der Waals surface area contributed by atoms with Crippen LogP contribution in [-0.2, 0) is 9.53 Å². The minimum Gasteiger partial charge on any atom is -0.378 e. The number of ether oxygens (including phenoxy) is 1. The second kappa shape index (κ2) is 10.8. The quantitative estimate of drug-likeness (QED) is 0.407. The van der Waals surface area contributed by atoms with Crippen LogP contribution in [-0.4, -0.2) is 42.4 Å². The first-order chi connectivity index (χ1) is 17.3. The largest absolute Gasteiger partial charge is 0.378 e. The zero-order chi connectivity index (χ0) is 23.9. The predicted molar refractivity (Wildman–Crippen MR) is 138 cm³/mol. The van der Waals surface area contributed by atoms with E-state index in [1.807, 2.05) is 91.0 Å². The molecule has 1 aromatic heterocycles. The van der Waals surface area contributed by atoms with E-state index in [0.29, 0.717) is 19.0 Å². The van der Waals surface area contributed by atoms with E-state index in [1.54, 1.807) is 6.20 Å². The number of hydrogen-bond acceptors (Lipinski definition) is 6. The van der Waals surface area contributed by atoms with Crippen LogP contribution >= 0.6 is 0 Å². The van der Waals surface area contributed by atoms with Gasteiger partial charge in [0, 0.05) is 30.5 Å². The number of rotatable bonds is 7. The summed E-state index contributed by atoms with van der Waals surface area (Å²) in [5, 5.41) is 14.7. The Labute approximate surface area is 204 Å². The molecule has 3 aromatic carbocycles. The molecule has 2 heterocycles.